The average Bonchev–Trinajstić information content (AvgIpc) is 3.13. The van der Waals surface area contributed by atoms with Crippen molar-refractivity contribution in [3.63, 3.8) is 0 Å². The number of aliphatic hydroxyl groups excluding tert-OH is 1. The van der Waals surface area contributed by atoms with Crippen LogP contribution in [0.2, 0.25) is 0 Å². The van der Waals surface area contributed by atoms with Crippen molar-refractivity contribution in [1.82, 2.24) is 15.0 Å². The van der Waals surface area contributed by atoms with E-state index in [2.05, 4.69) is 16.9 Å². The molecule has 2 heterocycles. The van der Waals surface area contributed by atoms with E-state index >= 15 is 0 Å². The van der Waals surface area contributed by atoms with Crippen molar-refractivity contribution in [3.8, 4) is 22.1 Å². The molecule has 29 heavy (non-hydrogen) atoms. The second-order valence-electron chi connectivity index (χ2n) is 6.13. The van der Waals surface area contributed by atoms with Crippen LogP contribution in [0.25, 0.3) is 10.6 Å². The van der Waals surface area contributed by atoms with Crippen molar-refractivity contribution in [2.24, 2.45) is 0 Å². The lowest BCUT2D eigenvalue weighted by molar-refractivity contribution is 0.196. The van der Waals surface area contributed by atoms with Gasteiger partial charge in [0.05, 0.1) is 19.4 Å². The lowest BCUT2D eigenvalue weighted by Crippen LogP contribution is -2.03. The molecule has 0 unspecified atom stereocenters. The Morgan fingerprint density at radius 2 is 2.07 bits per heavy atom. The molecule has 0 fully saturated rings. The molecule has 0 spiro atoms. The maximum Gasteiger partial charge on any atom is 0.189 e. The van der Waals surface area contributed by atoms with Crippen LogP contribution in [0.3, 0.4) is 0 Å². The summed E-state index contributed by atoms with van der Waals surface area (Å²) in [4.78, 5) is 14.6. The second-order valence-corrected chi connectivity index (χ2v) is 8.16. The van der Waals surface area contributed by atoms with E-state index in [-0.39, 0.29) is 13.2 Å². The number of aliphatic hydroxyl groups is 1. The van der Waals surface area contributed by atoms with Crippen LogP contribution >= 0.6 is 23.1 Å². The van der Waals surface area contributed by atoms with Crippen LogP contribution in [0.15, 0.2) is 35.6 Å². The number of thiazole rings is 1. The topological polar surface area (TPSA) is 103 Å². The zero-order chi connectivity index (χ0) is 20.6. The molecule has 0 amide bonds. The largest absolute Gasteiger partial charge is 0.493 e. The molecule has 0 bridgehead atoms. The van der Waals surface area contributed by atoms with Gasteiger partial charge in [0.15, 0.2) is 16.7 Å². The quantitative estimate of drug-likeness (QED) is 0.368. The van der Waals surface area contributed by atoms with Gasteiger partial charge >= 0.3 is 0 Å². The zero-order valence-electron chi connectivity index (χ0n) is 16.4. The Balaban J connectivity index is 1.85. The molecule has 0 atom stereocenters. The van der Waals surface area contributed by atoms with Gasteiger partial charge in [-0.15, -0.1) is 11.3 Å². The normalized spacial score (nSPS) is 10.9. The molecule has 0 saturated carbocycles. The van der Waals surface area contributed by atoms with Crippen molar-refractivity contribution < 1.29 is 14.6 Å². The first-order chi connectivity index (χ1) is 14.1. The first-order valence-electron chi connectivity index (χ1n) is 9.26. The number of hydrogen-bond acceptors (Lipinski definition) is 9. The number of rotatable bonds is 10. The van der Waals surface area contributed by atoms with Gasteiger partial charge in [-0.25, -0.2) is 15.0 Å². The van der Waals surface area contributed by atoms with Crippen molar-refractivity contribution in [2.75, 3.05) is 26.1 Å². The van der Waals surface area contributed by atoms with Gasteiger partial charge in [-0.1, -0.05) is 25.1 Å². The third-order valence-electron chi connectivity index (χ3n) is 4.01. The van der Waals surface area contributed by atoms with E-state index in [0.717, 1.165) is 29.1 Å². The average molecular weight is 433 g/mol. The molecule has 154 valence electrons. The van der Waals surface area contributed by atoms with Gasteiger partial charge in [-0.2, -0.15) is 0 Å². The van der Waals surface area contributed by atoms with Crippen LogP contribution in [0.4, 0.5) is 5.82 Å². The Bertz CT molecular complexity index is 949. The van der Waals surface area contributed by atoms with Crippen molar-refractivity contribution in [3.05, 3.63) is 41.0 Å². The van der Waals surface area contributed by atoms with E-state index in [1.54, 1.807) is 30.7 Å². The number of anilines is 1. The zero-order valence-corrected chi connectivity index (χ0v) is 18.1. The van der Waals surface area contributed by atoms with E-state index < -0.39 is 0 Å². The van der Waals surface area contributed by atoms with E-state index in [1.807, 2.05) is 18.2 Å². The van der Waals surface area contributed by atoms with Gasteiger partial charge in [0.2, 0.25) is 0 Å². The Hall–Kier alpha value is -2.36. The standard InChI is InChI=1S/C20H24N4O3S2/c1-3-4-17-14(12-28-20-22-8-7-18(21)24-20)23-19(29-17)13-5-6-15(26-2)16(11-13)27-10-9-25/h5-8,11,25H,3-4,9-10,12H2,1-2H3,(H2,21,22,24). The number of nitrogen functional groups attached to an aromatic ring is 1. The fraction of sp³-hybridized carbons (Fsp3) is 0.350. The van der Waals surface area contributed by atoms with E-state index in [4.69, 9.17) is 25.3 Å². The molecule has 2 aromatic heterocycles. The first-order valence-corrected chi connectivity index (χ1v) is 11.1. The molecule has 3 N–H and O–H groups in total. The predicted molar refractivity (Wildman–Crippen MR) is 117 cm³/mol. The summed E-state index contributed by atoms with van der Waals surface area (Å²) in [6, 6.07) is 7.41. The summed E-state index contributed by atoms with van der Waals surface area (Å²) in [5, 5.41) is 10.6. The SMILES string of the molecule is CCCc1sc(-c2ccc(OC)c(OCCO)c2)nc1CSc1nccc(N)n1. The van der Waals surface area contributed by atoms with E-state index in [1.165, 1.54) is 16.6 Å². The van der Waals surface area contributed by atoms with Crippen molar-refractivity contribution in [2.45, 2.75) is 30.7 Å². The summed E-state index contributed by atoms with van der Waals surface area (Å²) in [5.41, 5.74) is 7.74. The summed E-state index contributed by atoms with van der Waals surface area (Å²) in [6.45, 7) is 2.31. The number of ether oxygens (including phenoxy) is 2. The fourth-order valence-corrected chi connectivity index (χ4v) is 4.75. The minimum Gasteiger partial charge on any atom is -0.493 e. The molecule has 0 saturated heterocycles. The molecule has 0 radical (unpaired) electrons. The van der Waals surface area contributed by atoms with Gasteiger partial charge in [-0.3, -0.25) is 0 Å². The molecule has 7 nitrogen and oxygen atoms in total. The number of nitrogens with two attached hydrogens (primary N) is 1. The molecule has 3 rings (SSSR count). The summed E-state index contributed by atoms with van der Waals surface area (Å²) < 4.78 is 11.0. The van der Waals surface area contributed by atoms with Gasteiger partial charge in [0.25, 0.3) is 0 Å². The molecule has 9 heteroatoms. The highest BCUT2D eigenvalue weighted by Gasteiger charge is 2.15. The smallest absolute Gasteiger partial charge is 0.189 e. The lowest BCUT2D eigenvalue weighted by Gasteiger charge is -2.10. The highest BCUT2D eigenvalue weighted by Crippen LogP contribution is 2.36. The molecular formula is C20H24N4O3S2. The second kappa shape index (κ2) is 10.4. The molecule has 3 aromatic rings. The molecule has 0 aliphatic rings. The lowest BCUT2D eigenvalue weighted by atomic mass is 10.2. The minimum atomic E-state index is -0.0568. The van der Waals surface area contributed by atoms with Gasteiger partial charge in [-0.05, 0) is 30.7 Å². The maximum absolute atomic E-state index is 9.05. The van der Waals surface area contributed by atoms with Crippen LogP contribution in [0.1, 0.15) is 23.9 Å². The van der Waals surface area contributed by atoms with Gasteiger partial charge < -0.3 is 20.3 Å². The predicted octanol–water partition coefficient (Wildman–Crippen LogP) is 3.81. The highest BCUT2D eigenvalue weighted by atomic mass is 32.2. The monoisotopic (exact) mass is 432 g/mol. The maximum atomic E-state index is 9.05. The number of nitrogens with zero attached hydrogens (tertiary/aromatic N) is 3. The number of thioether (sulfide) groups is 1. The molecule has 0 aliphatic carbocycles. The summed E-state index contributed by atoms with van der Waals surface area (Å²) >= 11 is 3.21. The molecular weight excluding hydrogens is 408 g/mol. The molecule has 0 aliphatic heterocycles. The number of aryl methyl sites for hydroxylation is 1. The summed E-state index contributed by atoms with van der Waals surface area (Å²) in [5.74, 6) is 2.36. The Morgan fingerprint density at radius 3 is 2.79 bits per heavy atom. The summed E-state index contributed by atoms with van der Waals surface area (Å²) in [6.07, 6.45) is 3.67. The summed E-state index contributed by atoms with van der Waals surface area (Å²) in [7, 11) is 1.59. The minimum absolute atomic E-state index is 0.0568. The first kappa shape index (κ1) is 21.4. The number of benzene rings is 1. The Labute approximate surface area is 178 Å². The highest BCUT2D eigenvalue weighted by molar-refractivity contribution is 7.98. The Morgan fingerprint density at radius 1 is 1.21 bits per heavy atom. The van der Waals surface area contributed by atoms with E-state index in [0.29, 0.717) is 28.2 Å². The van der Waals surface area contributed by atoms with Crippen molar-refractivity contribution >= 4 is 28.9 Å². The van der Waals surface area contributed by atoms with Crippen LogP contribution in [0.5, 0.6) is 11.5 Å². The van der Waals surface area contributed by atoms with Crippen LogP contribution in [0, 0.1) is 0 Å². The number of aromatic nitrogens is 3. The van der Waals surface area contributed by atoms with Crippen LogP contribution in [-0.2, 0) is 12.2 Å². The fourth-order valence-electron chi connectivity index (χ4n) is 2.68. The van der Waals surface area contributed by atoms with Crippen LogP contribution in [-0.4, -0.2) is 40.4 Å². The number of hydrogen-bond donors (Lipinski definition) is 2. The molecule has 1 aromatic carbocycles. The van der Waals surface area contributed by atoms with Gasteiger partial charge in [0.1, 0.15) is 17.4 Å². The number of methoxy groups -OCH3 is 1. The van der Waals surface area contributed by atoms with Crippen LogP contribution < -0.4 is 15.2 Å². The Kier molecular flexibility index (Phi) is 7.68. The third-order valence-corrected chi connectivity index (χ3v) is 6.09. The van der Waals surface area contributed by atoms with Gasteiger partial charge in [0, 0.05) is 22.4 Å². The van der Waals surface area contributed by atoms with E-state index in [9.17, 15) is 0 Å². The van der Waals surface area contributed by atoms with Crippen molar-refractivity contribution in [1.29, 1.82) is 0 Å². The third kappa shape index (κ3) is 5.59.